The van der Waals surface area contributed by atoms with Gasteiger partial charge in [-0.2, -0.15) is 0 Å². The van der Waals surface area contributed by atoms with Crippen LogP contribution in [0, 0.1) is 6.92 Å². The number of unbranched alkanes of at least 4 members (excludes halogenated alkanes) is 1. The second kappa shape index (κ2) is 7.66. The van der Waals surface area contributed by atoms with Crippen LogP contribution in [0.3, 0.4) is 0 Å². The monoisotopic (exact) mass is 260 g/mol. The number of benzene rings is 1. The van der Waals surface area contributed by atoms with E-state index in [2.05, 4.69) is 48.3 Å². The second-order valence-corrected chi connectivity index (χ2v) is 5.81. The number of rotatable bonds is 7. The van der Waals surface area contributed by atoms with Gasteiger partial charge in [-0.1, -0.05) is 37.6 Å². The second-order valence-electron chi connectivity index (χ2n) is 5.81. The molecule has 0 aromatic heterocycles. The Kier molecular flexibility index (Phi) is 5.87. The van der Waals surface area contributed by atoms with Crippen molar-refractivity contribution in [2.75, 3.05) is 19.6 Å². The van der Waals surface area contributed by atoms with E-state index >= 15 is 0 Å². The van der Waals surface area contributed by atoms with Crippen molar-refractivity contribution in [1.82, 2.24) is 10.2 Å². The highest BCUT2D eigenvalue weighted by atomic mass is 15.1. The normalized spacial score (nSPS) is 19.2. The van der Waals surface area contributed by atoms with Gasteiger partial charge in [-0.3, -0.25) is 4.90 Å². The molecular weight excluding hydrogens is 232 g/mol. The molecule has 0 bridgehead atoms. The number of hydrogen-bond acceptors (Lipinski definition) is 2. The maximum absolute atomic E-state index is 3.62. The zero-order valence-corrected chi connectivity index (χ0v) is 12.5. The van der Waals surface area contributed by atoms with Crippen LogP contribution in [0.4, 0.5) is 0 Å². The zero-order chi connectivity index (χ0) is 13.5. The van der Waals surface area contributed by atoms with E-state index in [-0.39, 0.29) is 0 Å². The first-order chi connectivity index (χ1) is 9.29. The quantitative estimate of drug-likeness (QED) is 0.809. The van der Waals surface area contributed by atoms with Crippen LogP contribution >= 0.6 is 0 Å². The third-order valence-corrected chi connectivity index (χ3v) is 4.12. The van der Waals surface area contributed by atoms with Gasteiger partial charge in [-0.05, 0) is 50.4 Å². The summed E-state index contributed by atoms with van der Waals surface area (Å²) in [5, 5.41) is 3.62. The Morgan fingerprint density at radius 3 is 2.84 bits per heavy atom. The van der Waals surface area contributed by atoms with Crippen LogP contribution in [0.2, 0.25) is 0 Å². The van der Waals surface area contributed by atoms with E-state index in [1.807, 2.05) is 0 Å². The molecule has 2 rings (SSSR count). The smallest absolute Gasteiger partial charge is 0.0237 e. The van der Waals surface area contributed by atoms with Crippen LogP contribution in [0.1, 0.15) is 43.7 Å². The lowest BCUT2D eigenvalue weighted by Gasteiger charge is -2.26. The van der Waals surface area contributed by atoms with Crippen LogP contribution in [0.5, 0.6) is 0 Å². The minimum absolute atomic E-state index is 0.709. The highest BCUT2D eigenvalue weighted by Crippen LogP contribution is 2.14. The molecule has 2 nitrogen and oxygen atoms in total. The molecule has 106 valence electrons. The Bertz CT molecular complexity index is 369. The molecule has 2 heteroatoms. The lowest BCUT2D eigenvalue weighted by Crippen LogP contribution is -2.37. The highest BCUT2D eigenvalue weighted by Gasteiger charge is 2.18. The summed E-state index contributed by atoms with van der Waals surface area (Å²) < 4.78 is 0. The molecule has 1 unspecified atom stereocenters. The summed E-state index contributed by atoms with van der Waals surface area (Å²) in [6, 6.07) is 9.50. The van der Waals surface area contributed by atoms with Gasteiger partial charge in [0.25, 0.3) is 0 Å². The largest absolute Gasteiger partial charge is 0.313 e. The Labute approximate surface area is 118 Å². The van der Waals surface area contributed by atoms with E-state index in [1.165, 1.54) is 56.4 Å². The highest BCUT2D eigenvalue weighted by molar-refractivity contribution is 5.25. The molecule has 1 aliphatic rings. The van der Waals surface area contributed by atoms with E-state index < -0.39 is 0 Å². The molecule has 1 aromatic rings. The van der Waals surface area contributed by atoms with Crippen LogP contribution in [0.25, 0.3) is 0 Å². The van der Waals surface area contributed by atoms with Gasteiger partial charge in [0.1, 0.15) is 0 Å². The SMILES string of the molecule is CCCCN(Cc1ccccc1C)CC1CCCN1. The Morgan fingerprint density at radius 2 is 2.16 bits per heavy atom. The van der Waals surface area contributed by atoms with Gasteiger partial charge in [0.15, 0.2) is 0 Å². The molecule has 0 amide bonds. The molecule has 0 spiro atoms. The zero-order valence-electron chi connectivity index (χ0n) is 12.5. The number of nitrogens with zero attached hydrogens (tertiary/aromatic N) is 1. The molecule has 1 fully saturated rings. The van der Waals surface area contributed by atoms with E-state index in [9.17, 15) is 0 Å². The summed E-state index contributed by atoms with van der Waals surface area (Å²) in [6.45, 7) is 9.24. The fraction of sp³-hybridized carbons (Fsp3) is 0.647. The maximum Gasteiger partial charge on any atom is 0.0237 e. The third kappa shape index (κ3) is 4.63. The molecule has 0 aliphatic carbocycles. The summed E-state index contributed by atoms with van der Waals surface area (Å²) in [5.74, 6) is 0. The van der Waals surface area contributed by atoms with E-state index in [0.717, 1.165) is 6.54 Å². The maximum atomic E-state index is 3.62. The van der Waals surface area contributed by atoms with Crippen molar-refractivity contribution in [2.45, 2.75) is 52.1 Å². The summed E-state index contributed by atoms with van der Waals surface area (Å²) in [7, 11) is 0. The molecule has 1 N–H and O–H groups in total. The summed E-state index contributed by atoms with van der Waals surface area (Å²) in [5.41, 5.74) is 2.90. The predicted molar refractivity (Wildman–Crippen MR) is 82.4 cm³/mol. The summed E-state index contributed by atoms with van der Waals surface area (Å²) in [6.07, 6.45) is 5.27. The average Bonchev–Trinajstić information content (AvgIpc) is 2.91. The molecule has 1 saturated heterocycles. The minimum Gasteiger partial charge on any atom is -0.313 e. The minimum atomic E-state index is 0.709. The van der Waals surface area contributed by atoms with Gasteiger partial charge in [-0.25, -0.2) is 0 Å². The fourth-order valence-electron chi connectivity index (χ4n) is 2.87. The van der Waals surface area contributed by atoms with Crippen LogP contribution in [-0.4, -0.2) is 30.6 Å². The summed E-state index contributed by atoms with van der Waals surface area (Å²) in [4.78, 5) is 2.63. The van der Waals surface area contributed by atoms with Crippen LogP contribution in [-0.2, 0) is 6.54 Å². The average molecular weight is 260 g/mol. The van der Waals surface area contributed by atoms with Gasteiger partial charge in [-0.15, -0.1) is 0 Å². The van der Waals surface area contributed by atoms with Gasteiger partial charge in [0.2, 0.25) is 0 Å². The van der Waals surface area contributed by atoms with Gasteiger partial charge in [0.05, 0.1) is 0 Å². The van der Waals surface area contributed by atoms with Crippen molar-refractivity contribution in [3.05, 3.63) is 35.4 Å². The van der Waals surface area contributed by atoms with Crippen molar-refractivity contribution in [3.63, 3.8) is 0 Å². The topological polar surface area (TPSA) is 15.3 Å². The molecule has 0 saturated carbocycles. The number of hydrogen-bond donors (Lipinski definition) is 1. The van der Waals surface area contributed by atoms with E-state index in [1.54, 1.807) is 0 Å². The Balaban J connectivity index is 1.94. The van der Waals surface area contributed by atoms with E-state index in [0.29, 0.717) is 6.04 Å². The lowest BCUT2D eigenvalue weighted by atomic mass is 10.1. The van der Waals surface area contributed by atoms with Crippen molar-refractivity contribution in [1.29, 1.82) is 0 Å². The summed E-state index contributed by atoms with van der Waals surface area (Å²) >= 11 is 0. The molecule has 1 heterocycles. The van der Waals surface area contributed by atoms with Crippen LogP contribution in [0.15, 0.2) is 24.3 Å². The van der Waals surface area contributed by atoms with Crippen LogP contribution < -0.4 is 5.32 Å². The van der Waals surface area contributed by atoms with Crippen molar-refractivity contribution < 1.29 is 0 Å². The first kappa shape index (κ1) is 14.5. The molecule has 1 aromatic carbocycles. The van der Waals surface area contributed by atoms with Gasteiger partial charge < -0.3 is 5.32 Å². The van der Waals surface area contributed by atoms with Gasteiger partial charge in [0, 0.05) is 19.1 Å². The Morgan fingerprint density at radius 1 is 1.32 bits per heavy atom. The molecule has 0 radical (unpaired) electrons. The lowest BCUT2D eigenvalue weighted by molar-refractivity contribution is 0.237. The number of nitrogens with one attached hydrogen (secondary N) is 1. The third-order valence-electron chi connectivity index (χ3n) is 4.12. The fourth-order valence-corrected chi connectivity index (χ4v) is 2.87. The molecule has 1 atom stereocenters. The molecule has 1 aliphatic heterocycles. The van der Waals surface area contributed by atoms with E-state index in [4.69, 9.17) is 0 Å². The van der Waals surface area contributed by atoms with Crippen molar-refractivity contribution in [3.8, 4) is 0 Å². The Hall–Kier alpha value is -0.860. The first-order valence-electron chi connectivity index (χ1n) is 7.80. The molecular formula is C17H28N2. The van der Waals surface area contributed by atoms with Crippen molar-refractivity contribution >= 4 is 0 Å². The van der Waals surface area contributed by atoms with Crippen molar-refractivity contribution in [2.24, 2.45) is 0 Å². The standard InChI is InChI=1S/C17H28N2/c1-3-4-12-19(14-17-10-7-11-18-17)13-16-9-6-5-8-15(16)2/h5-6,8-9,17-18H,3-4,7,10-14H2,1-2H3. The first-order valence-corrected chi connectivity index (χ1v) is 7.80. The number of aryl methyl sites for hydroxylation is 1. The van der Waals surface area contributed by atoms with Gasteiger partial charge >= 0.3 is 0 Å². The molecule has 19 heavy (non-hydrogen) atoms. The predicted octanol–water partition coefficient (Wildman–Crippen LogP) is 3.35.